The fourth-order valence-corrected chi connectivity index (χ4v) is 3.89. The molecular weight excluding hydrogens is 466 g/mol. The molecule has 3 N–H and O–H groups in total. The Balaban J connectivity index is 1.66. The predicted octanol–water partition coefficient (Wildman–Crippen LogP) is 2.73. The molecule has 10 nitrogen and oxygen atoms in total. The van der Waals surface area contributed by atoms with Crippen molar-refractivity contribution < 1.29 is 22.7 Å². The number of benzene rings is 2. The van der Waals surface area contributed by atoms with E-state index in [2.05, 4.69) is 25.3 Å². The van der Waals surface area contributed by atoms with E-state index in [1.165, 1.54) is 44.6 Å². The zero-order valence-electron chi connectivity index (χ0n) is 17.9. The molecule has 3 rings (SSSR count). The fourth-order valence-electron chi connectivity index (χ4n) is 2.69. The number of hydrogen-bond donors (Lipinski definition) is 3. The second kappa shape index (κ2) is 10.2. The van der Waals surface area contributed by atoms with Gasteiger partial charge >= 0.3 is 6.01 Å². The van der Waals surface area contributed by atoms with E-state index in [0.717, 1.165) is 5.56 Å². The third-order valence-corrected chi connectivity index (χ3v) is 5.82. The van der Waals surface area contributed by atoms with Crippen LogP contribution in [0.4, 0.5) is 11.5 Å². The molecule has 12 heteroatoms. The third kappa shape index (κ3) is 6.37. The summed E-state index contributed by atoms with van der Waals surface area (Å²) in [6, 6.07) is 14.2. The number of sulfonamides is 1. The first-order valence-electron chi connectivity index (χ1n) is 9.49. The number of ether oxygens (including phenoxy) is 2. The van der Waals surface area contributed by atoms with Crippen molar-refractivity contribution in [2.75, 3.05) is 24.3 Å². The first-order chi connectivity index (χ1) is 15.7. The van der Waals surface area contributed by atoms with Crippen LogP contribution in [-0.4, -0.2) is 43.6 Å². The number of nitrogens with zero attached hydrogens (tertiary/aromatic N) is 2. The molecule has 0 saturated heterocycles. The molecule has 0 atom stereocenters. The van der Waals surface area contributed by atoms with Gasteiger partial charge in [-0.25, -0.2) is 8.42 Å². The molecular formula is C21H21N5O5S2. The lowest BCUT2D eigenvalue weighted by atomic mass is 10.1. The van der Waals surface area contributed by atoms with Crippen LogP contribution < -0.4 is 24.8 Å². The van der Waals surface area contributed by atoms with Crippen LogP contribution in [0.25, 0.3) is 0 Å². The lowest BCUT2D eigenvalue weighted by Crippen LogP contribution is -2.34. The van der Waals surface area contributed by atoms with Crippen LogP contribution >= 0.6 is 12.2 Å². The quantitative estimate of drug-likeness (QED) is 0.430. The van der Waals surface area contributed by atoms with Crippen LogP contribution in [0.3, 0.4) is 0 Å². The lowest BCUT2D eigenvalue weighted by molar-refractivity contribution is 0.0977. The van der Waals surface area contributed by atoms with E-state index in [1.807, 2.05) is 13.0 Å². The first kappa shape index (κ1) is 23.9. The van der Waals surface area contributed by atoms with Gasteiger partial charge in [-0.3, -0.25) is 14.8 Å². The minimum atomic E-state index is -3.95. The van der Waals surface area contributed by atoms with Gasteiger partial charge in [0.1, 0.15) is 0 Å². The van der Waals surface area contributed by atoms with E-state index in [4.69, 9.17) is 21.7 Å². The SMILES string of the molecule is COc1cc(NS(=O)(=O)c2ccc(NC(=S)NC(=O)c3cccc(C)c3)cc2)nc(OC)n1. The largest absolute Gasteiger partial charge is 0.481 e. The van der Waals surface area contributed by atoms with Gasteiger partial charge in [0.25, 0.3) is 15.9 Å². The van der Waals surface area contributed by atoms with Crippen LogP contribution in [0.1, 0.15) is 15.9 Å². The number of thiocarbonyl (C=S) groups is 1. The number of aromatic nitrogens is 2. The highest BCUT2D eigenvalue weighted by atomic mass is 32.2. The molecule has 1 heterocycles. The summed E-state index contributed by atoms with van der Waals surface area (Å²) in [5.74, 6) is -0.225. The zero-order chi connectivity index (χ0) is 24.0. The minimum absolute atomic E-state index is 0.0130. The maximum atomic E-state index is 12.7. The fraction of sp³-hybridized carbons (Fsp3) is 0.143. The summed E-state index contributed by atoms with van der Waals surface area (Å²) in [4.78, 5) is 20.1. The second-order valence-corrected chi connectivity index (χ2v) is 8.78. The van der Waals surface area contributed by atoms with Gasteiger partial charge < -0.3 is 14.8 Å². The summed E-state index contributed by atoms with van der Waals surface area (Å²) in [6.07, 6.45) is 0. The molecule has 1 amide bonds. The molecule has 0 spiro atoms. The van der Waals surface area contributed by atoms with E-state index in [0.29, 0.717) is 11.3 Å². The Hall–Kier alpha value is -3.77. The predicted molar refractivity (Wildman–Crippen MR) is 127 cm³/mol. The van der Waals surface area contributed by atoms with Crippen LogP contribution in [0.2, 0.25) is 0 Å². The average Bonchev–Trinajstić information content (AvgIpc) is 2.78. The molecule has 0 fully saturated rings. The minimum Gasteiger partial charge on any atom is -0.481 e. The summed E-state index contributed by atoms with van der Waals surface area (Å²) >= 11 is 5.17. The molecule has 172 valence electrons. The first-order valence-corrected chi connectivity index (χ1v) is 11.4. The highest BCUT2D eigenvalue weighted by Crippen LogP contribution is 2.21. The standard InChI is InChI=1S/C21H21N5O5S2/c1-13-5-4-6-14(11-13)19(27)25-21(32)22-15-7-9-16(10-8-15)33(28,29)26-17-12-18(30-2)24-20(23-17)31-3/h4-12H,1-3H3,(H,23,24,26)(H2,22,25,27,32). The van der Waals surface area contributed by atoms with Crippen molar-refractivity contribution in [1.29, 1.82) is 0 Å². The highest BCUT2D eigenvalue weighted by Gasteiger charge is 2.17. The van der Waals surface area contributed by atoms with Gasteiger partial charge in [-0.15, -0.1) is 0 Å². The number of carbonyl (C=O) groups is 1. The van der Waals surface area contributed by atoms with Gasteiger partial charge in [0.05, 0.1) is 19.1 Å². The van der Waals surface area contributed by atoms with Crippen molar-refractivity contribution in [3.05, 3.63) is 65.7 Å². The van der Waals surface area contributed by atoms with Gasteiger partial charge in [-0.05, 0) is 55.5 Å². The smallest absolute Gasteiger partial charge is 0.321 e. The van der Waals surface area contributed by atoms with Crippen molar-refractivity contribution >= 4 is 44.8 Å². The number of carbonyl (C=O) groups excluding carboxylic acids is 1. The number of methoxy groups -OCH3 is 2. The van der Waals surface area contributed by atoms with Crippen LogP contribution in [-0.2, 0) is 10.0 Å². The summed E-state index contributed by atoms with van der Waals surface area (Å²) in [7, 11) is -1.21. The number of aryl methyl sites for hydroxylation is 1. The zero-order valence-corrected chi connectivity index (χ0v) is 19.6. The van der Waals surface area contributed by atoms with E-state index >= 15 is 0 Å². The Morgan fingerprint density at radius 2 is 1.73 bits per heavy atom. The number of hydrogen-bond acceptors (Lipinski definition) is 8. The maximum Gasteiger partial charge on any atom is 0.321 e. The highest BCUT2D eigenvalue weighted by molar-refractivity contribution is 7.92. The number of rotatable bonds is 7. The molecule has 3 aromatic rings. The molecule has 0 saturated carbocycles. The monoisotopic (exact) mass is 487 g/mol. The Bertz CT molecular complexity index is 1260. The normalized spacial score (nSPS) is 10.8. The van der Waals surface area contributed by atoms with Crippen LogP contribution in [0, 0.1) is 6.92 Å². The molecule has 1 aromatic heterocycles. The van der Waals surface area contributed by atoms with E-state index in [1.54, 1.807) is 18.2 Å². The van der Waals surface area contributed by atoms with E-state index in [9.17, 15) is 13.2 Å². The van der Waals surface area contributed by atoms with E-state index < -0.39 is 10.0 Å². The van der Waals surface area contributed by atoms with Gasteiger partial charge in [-0.2, -0.15) is 9.97 Å². The van der Waals surface area contributed by atoms with Crippen molar-refractivity contribution in [1.82, 2.24) is 15.3 Å². The molecule has 0 aliphatic heterocycles. The van der Waals surface area contributed by atoms with Crippen LogP contribution in [0.15, 0.2) is 59.5 Å². The Morgan fingerprint density at radius 3 is 2.36 bits per heavy atom. The second-order valence-electron chi connectivity index (χ2n) is 6.69. The topological polar surface area (TPSA) is 132 Å². The summed E-state index contributed by atoms with van der Waals surface area (Å²) < 4.78 is 37.7. The molecule has 33 heavy (non-hydrogen) atoms. The van der Waals surface area contributed by atoms with Gasteiger partial charge in [0.2, 0.25) is 5.88 Å². The molecule has 0 unspecified atom stereocenters. The van der Waals surface area contributed by atoms with Crippen molar-refractivity contribution in [3.63, 3.8) is 0 Å². The number of nitrogens with one attached hydrogen (secondary N) is 3. The van der Waals surface area contributed by atoms with Crippen LogP contribution in [0.5, 0.6) is 11.9 Å². The lowest BCUT2D eigenvalue weighted by Gasteiger charge is -2.12. The Morgan fingerprint density at radius 1 is 1.00 bits per heavy atom. The van der Waals surface area contributed by atoms with Gasteiger partial charge in [-0.1, -0.05) is 17.7 Å². The van der Waals surface area contributed by atoms with E-state index in [-0.39, 0.29) is 33.6 Å². The number of anilines is 2. The van der Waals surface area contributed by atoms with Gasteiger partial charge in [0, 0.05) is 17.3 Å². The van der Waals surface area contributed by atoms with Crippen molar-refractivity contribution in [2.45, 2.75) is 11.8 Å². The Kier molecular flexibility index (Phi) is 7.41. The summed E-state index contributed by atoms with van der Waals surface area (Å²) in [6.45, 7) is 1.88. The maximum absolute atomic E-state index is 12.7. The Labute approximate surface area is 196 Å². The van der Waals surface area contributed by atoms with Gasteiger partial charge in [0.15, 0.2) is 10.9 Å². The molecule has 0 radical (unpaired) electrons. The molecule has 2 aromatic carbocycles. The third-order valence-electron chi connectivity index (χ3n) is 4.24. The summed E-state index contributed by atoms with van der Waals surface area (Å²) in [5.41, 5.74) is 1.92. The van der Waals surface area contributed by atoms with Crippen molar-refractivity contribution in [3.8, 4) is 11.9 Å². The number of amides is 1. The average molecular weight is 488 g/mol. The van der Waals surface area contributed by atoms with Crippen molar-refractivity contribution in [2.24, 2.45) is 0 Å². The molecule has 0 aliphatic rings. The molecule has 0 bridgehead atoms. The molecule has 0 aliphatic carbocycles. The summed E-state index contributed by atoms with van der Waals surface area (Å²) in [5, 5.41) is 5.51.